The molecule has 0 aliphatic carbocycles. The fraction of sp³-hybridized carbons (Fsp3) is 0.455. The van der Waals surface area contributed by atoms with E-state index >= 15 is 0 Å². The second kappa shape index (κ2) is 6.55. The minimum Gasteiger partial charge on any atom is -0.454 e. The van der Waals surface area contributed by atoms with Gasteiger partial charge in [0.15, 0.2) is 11.5 Å². The normalized spacial score (nSPS) is 13.8. The summed E-state index contributed by atoms with van der Waals surface area (Å²) in [5.74, 6) is 0.829. The van der Waals surface area contributed by atoms with Crippen molar-refractivity contribution in [1.29, 1.82) is 0 Å². The molecular weight excluding hydrogens is 276 g/mol. The molecule has 1 aliphatic heterocycles. The Labute approximate surface area is 115 Å². The van der Waals surface area contributed by atoms with Crippen LogP contribution in [0.15, 0.2) is 12.1 Å². The van der Waals surface area contributed by atoms with Gasteiger partial charge in [-0.05, 0) is 18.9 Å². The van der Waals surface area contributed by atoms with Crippen molar-refractivity contribution in [2.45, 2.75) is 18.9 Å². The molecule has 0 fully saturated rings. The SMILES string of the molecule is Cl.N[C@H](CCCO)c1cc2c(cc1[N+](=O)[O-])OCO2. The zero-order valence-corrected chi connectivity index (χ0v) is 10.9. The zero-order chi connectivity index (χ0) is 13.1. The first-order chi connectivity index (χ1) is 8.63. The Morgan fingerprint density at radius 1 is 1.42 bits per heavy atom. The maximum atomic E-state index is 11.0. The van der Waals surface area contributed by atoms with E-state index in [1.54, 1.807) is 6.07 Å². The molecule has 0 aromatic heterocycles. The summed E-state index contributed by atoms with van der Waals surface area (Å²) < 4.78 is 10.3. The van der Waals surface area contributed by atoms with Crippen LogP contribution in [0, 0.1) is 10.1 Å². The highest BCUT2D eigenvalue weighted by atomic mass is 35.5. The molecule has 0 saturated carbocycles. The first kappa shape index (κ1) is 15.5. The number of aliphatic hydroxyl groups is 1. The van der Waals surface area contributed by atoms with Gasteiger partial charge in [-0.1, -0.05) is 0 Å². The third-order valence-electron chi connectivity index (χ3n) is 2.79. The molecule has 0 spiro atoms. The summed E-state index contributed by atoms with van der Waals surface area (Å²) in [6, 6.07) is 2.37. The number of ether oxygens (including phenoxy) is 2. The van der Waals surface area contributed by atoms with Crippen molar-refractivity contribution in [1.82, 2.24) is 0 Å². The van der Waals surface area contributed by atoms with Crippen molar-refractivity contribution in [3.63, 3.8) is 0 Å². The second-order valence-electron chi connectivity index (χ2n) is 3.99. The third-order valence-corrected chi connectivity index (χ3v) is 2.79. The maximum Gasteiger partial charge on any atom is 0.278 e. The Bertz CT molecular complexity index is 469. The van der Waals surface area contributed by atoms with Gasteiger partial charge in [-0.3, -0.25) is 10.1 Å². The molecule has 0 saturated heterocycles. The lowest BCUT2D eigenvalue weighted by Gasteiger charge is -2.12. The monoisotopic (exact) mass is 290 g/mol. The average molecular weight is 291 g/mol. The van der Waals surface area contributed by atoms with Crippen LogP contribution < -0.4 is 15.2 Å². The number of fused-ring (bicyclic) bond motifs is 1. The molecule has 1 heterocycles. The van der Waals surface area contributed by atoms with Crippen molar-refractivity contribution < 1.29 is 19.5 Å². The smallest absolute Gasteiger partial charge is 0.278 e. The number of aliphatic hydroxyl groups excluding tert-OH is 1. The highest BCUT2D eigenvalue weighted by Crippen LogP contribution is 2.40. The fourth-order valence-corrected chi connectivity index (χ4v) is 1.87. The summed E-state index contributed by atoms with van der Waals surface area (Å²) in [6.07, 6.45) is 0.962. The van der Waals surface area contributed by atoms with E-state index in [1.165, 1.54) is 6.07 Å². The van der Waals surface area contributed by atoms with Crippen LogP contribution in [0.1, 0.15) is 24.4 Å². The van der Waals surface area contributed by atoms with Gasteiger partial charge in [-0.25, -0.2) is 0 Å². The molecule has 1 aromatic carbocycles. The molecular formula is C11H15ClN2O5. The van der Waals surface area contributed by atoms with Crippen molar-refractivity contribution in [2.24, 2.45) is 5.73 Å². The summed E-state index contributed by atoms with van der Waals surface area (Å²) in [6.45, 7) is 0.0634. The van der Waals surface area contributed by atoms with E-state index in [2.05, 4.69) is 0 Å². The molecule has 0 bridgehead atoms. The van der Waals surface area contributed by atoms with E-state index in [1.807, 2.05) is 0 Å². The van der Waals surface area contributed by atoms with Gasteiger partial charge in [0.05, 0.1) is 16.6 Å². The maximum absolute atomic E-state index is 11.0. The molecule has 106 valence electrons. The zero-order valence-electron chi connectivity index (χ0n) is 10.1. The summed E-state index contributed by atoms with van der Waals surface area (Å²) in [7, 11) is 0. The summed E-state index contributed by atoms with van der Waals surface area (Å²) >= 11 is 0. The first-order valence-electron chi connectivity index (χ1n) is 5.58. The number of hydrogen-bond donors (Lipinski definition) is 2. The van der Waals surface area contributed by atoms with E-state index in [0.29, 0.717) is 29.9 Å². The molecule has 3 N–H and O–H groups in total. The number of hydrogen-bond acceptors (Lipinski definition) is 6. The van der Waals surface area contributed by atoms with Gasteiger partial charge in [-0.15, -0.1) is 12.4 Å². The van der Waals surface area contributed by atoms with Gasteiger partial charge in [0.25, 0.3) is 5.69 Å². The molecule has 1 aromatic rings. The number of nitro groups is 1. The van der Waals surface area contributed by atoms with E-state index < -0.39 is 11.0 Å². The van der Waals surface area contributed by atoms with Crippen molar-refractivity contribution in [2.75, 3.05) is 13.4 Å². The van der Waals surface area contributed by atoms with Gasteiger partial charge < -0.3 is 20.3 Å². The summed E-state index contributed by atoms with van der Waals surface area (Å²) in [4.78, 5) is 10.5. The highest BCUT2D eigenvalue weighted by molar-refractivity contribution is 5.85. The second-order valence-corrected chi connectivity index (χ2v) is 3.99. The molecule has 8 heteroatoms. The molecule has 0 amide bonds. The topological polar surface area (TPSA) is 108 Å². The molecule has 2 rings (SSSR count). The lowest BCUT2D eigenvalue weighted by Crippen LogP contribution is -2.13. The molecule has 7 nitrogen and oxygen atoms in total. The number of nitro benzene ring substituents is 1. The lowest BCUT2D eigenvalue weighted by molar-refractivity contribution is -0.385. The summed E-state index contributed by atoms with van der Waals surface area (Å²) in [5, 5.41) is 19.8. The van der Waals surface area contributed by atoms with Crippen LogP contribution in [0.5, 0.6) is 11.5 Å². The van der Waals surface area contributed by atoms with E-state index in [9.17, 15) is 10.1 Å². The van der Waals surface area contributed by atoms with Gasteiger partial charge in [0, 0.05) is 12.6 Å². The quantitative estimate of drug-likeness (QED) is 0.629. The summed E-state index contributed by atoms with van der Waals surface area (Å²) in [5.41, 5.74) is 6.22. The Morgan fingerprint density at radius 2 is 2.05 bits per heavy atom. The van der Waals surface area contributed by atoms with Crippen LogP contribution in [-0.2, 0) is 0 Å². The van der Waals surface area contributed by atoms with Crippen LogP contribution in [0.3, 0.4) is 0 Å². The molecule has 1 aliphatic rings. The average Bonchev–Trinajstić information content (AvgIpc) is 2.81. The standard InChI is InChI=1S/C11H14N2O5.ClH/c12-8(2-1-3-14)7-4-10-11(18-6-17-10)5-9(7)13(15)16;/h4-5,8,14H,1-3,6,12H2;1H/t8-;/m1./s1. The van der Waals surface area contributed by atoms with E-state index in [0.717, 1.165) is 0 Å². The minimum absolute atomic E-state index is 0. The fourth-order valence-electron chi connectivity index (χ4n) is 1.87. The van der Waals surface area contributed by atoms with Gasteiger partial charge in [0.1, 0.15) is 0 Å². The van der Waals surface area contributed by atoms with Crippen LogP contribution in [0.4, 0.5) is 5.69 Å². The lowest BCUT2D eigenvalue weighted by atomic mass is 10.0. The van der Waals surface area contributed by atoms with Gasteiger partial charge in [-0.2, -0.15) is 0 Å². The minimum atomic E-state index is -0.507. The number of nitrogens with zero attached hydrogens (tertiary/aromatic N) is 1. The Morgan fingerprint density at radius 3 is 2.63 bits per heavy atom. The predicted octanol–water partition coefficient (Wildman–Crippen LogP) is 1.52. The van der Waals surface area contributed by atoms with E-state index in [-0.39, 0.29) is 31.5 Å². The van der Waals surface area contributed by atoms with Crippen molar-refractivity contribution in [3.05, 3.63) is 27.8 Å². The number of benzene rings is 1. The van der Waals surface area contributed by atoms with Crippen LogP contribution in [-0.4, -0.2) is 23.4 Å². The Balaban J connectivity index is 0.00000180. The number of nitrogens with two attached hydrogens (primary N) is 1. The largest absolute Gasteiger partial charge is 0.454 e. The van der Waals surface area contributed by atoms with Gasteiger partial charge in [0.2, 0.25) is 6.79 Å². The predicted molar refractivity (Wildman–Crippen MR) is 69.7 cm³/mol. The van der Waals surface area contributed by atoms with Crippen LogP contribution >= 0.6 is 12.4 Å². The molecule has 0 unspecified atom stereocenters. The Kier molecular flexibility index (Phi) is 5.34. The first-order valence-corrected chi connectivity index (χ1v) is 5.58. The van der Waals surface area contributed by atoms with Gasteiger partial charge >= 0.3 is 0 Å². The van der Waals surface area contributed by atoms with Crippen LogP contribution in [0.2, 0.25) is 0 Å². The van der Waals surface area contributed by atoms with Crippen LogP contribution in [0.25, 0.3) is 0 Å². The molecule has 0 radical (unpaired) electrons. The number of halogens is 1. The molecule has 1 atom stereocenters. The van der Waals surface area contributed by atoms with Crippen molar-refractivity contribution >= 4 is 18.1 Å². The van der Waals surface area contributed by atoms with Crippen molar-refractivity contribution in [3.8, 4) is 11.5 Å². The number of rotatable bonds is 5. The molecule has 19 heavy (non-hydrogen) atoms. The Hall–Kier alpha value is -1.57. The third kappa shape index (κ3) is 3.25. The highest BCUT2D eigenvalue weighted by Gasteiger charge is 2.26. The van der Waals surface area contributed by atoms with E-state index in [4.69, 9.17) is 20.3 Å².